The summed E-state index contributed by atoms with van der Waals surface area (Å²) in [4.78, 5) is 11.8. The van der Waals surface area contributed by atoms with E-state index in [1.54, 1.807) is 0 Å². The zero-order chi connectivity index (χ0) is 12.1. The van der Waals surface area contributed by atoms with E-state index in [4.69, 9.17) is 9.47 Å². The van der Waals surface area contributed by atoms with Crippen LogP contribution in [-0.4, -0.2) is 24.8 Å². The minimum Gasteiger partial charge on any atom is -0.460 e. The lowest BCUT2D eigenvalue weighted by molar-refractivity contribution is -0.164. The van der Waals surface area contributed by atoms with Crippen molar-refractivity contribution < 1.29 is 14.3 Å². The lowest BCUT2D eigenvalue weighted by atomic mass is 9.96. The van der Waals surface area contributed by atoms with Crippen molar-refractivity contribution in [2.24, 2.45) is 11.8 Å². The molecule has 3 nitrogen and oxygen atoms in total. The smallest absolute Gasteiger partial charge is 0.312 e. The van der Waals surface area contributed by atoms with Crippen LogP contribution in [0.1, 0.15) is 41.5 Å². The lowest BCUT2D eigenvalue weighted by Gasteiger charge is -2.25. The maximum atomic E-state index is 11.8. The van der Waals surface area contributed by atoms with Crippen molar-refractivity contribution in [2.45, 2.75) is 47.1 Å². The lowest BCUT2D eigenvalue weighted by Crippen LogP contribution is -2.33. The minimum atomic E-state index is -0.420. The van der Waals surface area contributed by atoms with Crippen LogP contribution in [0.4, 0.5) is 0 Å². The van der Waals surface area contributed by atoms with E-state index in [1.807, 2.05) is 41.5 Å². The van der Waals surface area contributed by atoms with Crippen LogP contribution in [0.5, 0.6) is 0 Å². The van der Waals surface area contributed by atoms with Gasteiger partial charge in [-0.2, -0.15) is 0 Å². The van der Waals surface area contributed by atoms with Crippen LogP contribution in [0.2, 0.25) is 0 Å². The van der Waals surface area contributed by atoms with Gasteiger partial charge in [-0.1, -0.05) is 13.8 Å². The molecule has 0 heterocycles. The van der Waals surface area contributed by atoms with Gasteiger partial charge in [0.15, 0.2) is 0 Å². The summed E-state index contributed by atoms with van der Waals surface area (Å²) < 4.78 is 10.6. The molecule has 0 saturated heterocycles. The highest BCUT2D eigenvalue weighted by Crippen LogP contribution is 2.17. The summed E-state index contributed by atoms with van der Waals surface area (Å²) in [5.74, 6) is -0.0819. The summed E-state index contributed by atoms with van der Waals surface area (Å²) in [6, 6.07) is 0. The molecule has 90 valence electrons. The van der Waals surface area contributed by atoms with E-state index in [2.05, 4.69) is 0 Å². The second-order valence-corrected chi connectivity index (χ2v) is 5.04. The zero-order valence-electron chi connectivity index (χ0n) is 10.8. The van der Waals surface area contributed by atoms with Crippen LogP contribution in [0, 0.1) is 11.8 Å². The van der Waals surface area contributed by atoms with E-state index in [0.717, 1.165) is 0 Å². The third-order valence-corrected chi connectivity index (χ3v) is 2.02. The average Bonchev–Trinajstić information content (AvgIpc) is 2.00. The Kier molecular flexibility index (Phi) is 5.88. The van der Waals surface area contributed by atoms with Gasteiger partial charge >= 0.3 is 5.97 Å². The number of rotatable bonds is 5. The van der Waals surface area contributed by atoms with Gasteiger partial charge in [-0.3, -0.25) is 4.79 Å². The Morgan fingerprint density at radius 2 is 1.80 bits per heavy atom. The maximum Gasteiger partial charge on any atom is 0.312 e. The molecule has 3 heteroatoms. The second kappa shape index (κ2) is 6.11. The van der Waals surface area contributed by atoms with Crippen molar-refractivity contribution in [3.05, 3.63) is 0 Å². The first-order valence-corrected chi connectivity index (χ1v) is 5.58. The molecule has 0 aliphatic carbocycles. The predicted octanol–water partition coefficient (Wildman–Crippen LogP) is 2.64. The minimum absolute atomic E-state index is 0.161. The molecule has 1 unspecified atom stereocenters. The normalized spacial score (nSPS) is 14.1. The van der Waals surface area contributed by atoms with E-state index in [9.17, 15) is 4.79 Å². The summed E-state index contributed by atoms with van der Waals surface area (Å²) in [7, 11) is 0. The van der Waals surface area contributed by atoms with E-state index < -0.39 is 5.60 Å². The van der Waals surface area contributed by atoms with Crippen molar-refractivity contribution in [3.63, 3.8) is 0 Å². The third-order valence-electron chi connectivity index (χ3n) is 2.02. The van der Waals surface area contributed by atoms with Gasteiger partial charge in [0.1, 0.15) is 5.60 Å². The summed E-state index contributed by atoms with van der Waals surface area (Å²) in [6.07, 6.45) is 0. The molecule has 0 aromatic heterocycles. The fourth-order valence-electron chi connectivity index (χ4n) is 1.15. The van der Waals surface area contributed by atoms with Crippen molar-refractivity contribution in [2.75, 3.05) is 13.2 Å². The Morgan fingerprint density at radius 1 is 1.27 bits per heavy atom. The first-order chi connectivity index (χ1) is 6.78. The van der Waals surface area contributed by atoms with Gasteiger partial charge in [0.25, 0.3) is 0 Å². The molecule has 15 heavy (non-hydrogen) atoms. The molecule has 0 aromatic carbocycles. The van der Waals surface area contributed by atoms with Crippen molar-refractivity contribution in [3.8, 4) is 0 Å². The highest BCUT2D eigenvalue weighted by atomic mass is 16.6. The molecule has 0 aromatic rings. The van der Waals surface area contributed by atoms with Crippen molar-refractivity contribution >= 4 is 5.97 Å². The molecule has 0 aliphatic rings. The molecule has 0 radical (unpaired) electrons. The van der Waals surface area contributed by atoms with Gasteiger partial charge in [0.2, 0.25) is 0 Å². The monoisotopic (exact) mass is 216 g/mol. The van der Waals surface area contributed by atoms with Gasteiger partial charge in [0.05, 0.1) is 12.5 Å². The summed E-state index contributed by atoms with van der Waals surface area (Å²) in [6.45, 7) is 12.7. The fraction of sp³-hybridized carbons (Fsp3) is 0.917. The molecule has 0 rings (SSSR count). The zero-order valence-corrected chi connectivity index (χ0v) is 10.8. The topological polar surface area (TPSA) is 35.5 Å². The van der Waals surface area contributed by atoms with Crippen LogP contribution in [0.15, 0.2) is 0 Å². The Hall–Kier alpha value is -0.570. The SMILES string of the molecule is CCOCC(C(=O)OC(C)(C)C)C(C)C. The number of hydrogen-bond acceptors (Lipinski definition) is 3. The Labute approximate surface area is 93.1 Å². The first kappa shape index (κ1) is 14.4. The maximum absolute atomic E-state index is 11.8. The van der Waals surface area contributed by atoms with Crippen LogP contribution < -0.4 is 0 Å². The predicted molar refractivity (Wildman–Crippen MR) is 60.7 cm³/mol. The Morgan fingerprint density at radius 3 is 2.13 bits per heavy atom. The van der Waals surface area contributed by atoms with Crippen molar-refractivity contribution in [1.82, 2.24) is 0 Å². The molecule has 0 N–H and O–H groups in total. The quantitative estimate of drug-likeness (QED) is 0.663. The van der Waals surface area contributed by atoms with Gasteiger partial charge in [-0.05, 0) is 33.6 Å². The van der Waals surface area contributed by atoms with Crippen LogP contribution in [0.25, 0.3) is 0 Å². The number of carbonyl (C=O) groups is 1. The standard InChI is InChI=1S/C12H24O3/c1-7-14-8-10(9(2)3)11(13)15-12(4,5)6/h9-10H,7-8H2,1-6H3. The summed E-state index contributed by atoms with van der Waals surface area (Å²) in [5, 5.41) is 0. The molecule has 0 fully saturated rings. The second-order valence-electron chi connectivity index (χ2n) is 5.04. The number of carbonyl (C=O) groups excluding carboxylic acids is 1. The molecule has 0 saturated carbocycles. The average molecular weight is 216 g/mol. The molecular formula is C12H24O3. The highest BCUT2D eigenvalue weighted by Gasteiger charge is 2.27. The number of hydrogen-bond donors (Lipinski definition) is 0. The van der Waals surface area contributed by atoms with E-state index in [1.165, 1.54) is 0 Å². The molecule has 0 aliphatic heterocycles. The van der Waals surface area contributed by atoms with Crippen LogP contribution in [-0.2, 0) is 14.3 Å². The molecule has 1 atom stereocenters. The first-order valence-electron chi connectivity index (χ1n) is 5.58. The van der Waals surface area contributed by atoms with Crippen LogP contribution in [0.3, 0.4) is 0 Å². The molecular weight excluding hydrogens is 192 g/mol. The Bertz CT molecular complexity index is 192. The Balaban J connectivity index is 4.29. The highest BCUT2D eigenvalue weighted by molar-refractivity contribution is 5.73. The molecule has 0 bridgehead atoms. The van der Waals surface area contributed by atoms with Gasteiger partial charge < -0.3 is 9.47 Å². The van der Waals surface area contributed by atoms with Gasteiger partial charge in [0, 0.05) is 6.61 Å². The molecule has 0 amide bonds. The number of ether oxygens (including phenoxy) is 2. The number of esters is 1. The summed E-state index contributed by atoms with van der Waals surface area (Å²) in [5.41, 5.74) is -0.420. The third kappa shape index (κ3) is 6.50. The van der Waals surface area contributed by atoms with Gasteiger partial charge in [-0.25, -0.2) is 0 Å². The van der Waals surface area contributed by atoms with Gasteiger partial charge in [-0.15, -0.1) is 0 Å². The summed E-state index contributed by atoms with van der Waals surface area (Å²) >= 11 is 0. The van der Waals surface area contributed by atoms with Crippen molar-refractivity contribution in [1.29, 1.82) is 0 Å². The van der Waals surface area contributed by atoms with E-state index >= 15 is 0 Å². The van der Waals surface area contributed by atoms with Crippen LogP contribution >= 0.6 is 0 Å². The fourth-order valence-corrected chi connectivity index (χ4v) is 1.15. The largest absolute Gasteiger partial charge is 0.460 e. The van der Waals surface area contributed by atoms with E-state index in [0.29, 0.717) is 13.2 Å². The molecule has 0 spiro atoms. The van der Waals surface area contributed by atoms with E-state index in [-0.39, 0.29) is 17.8 Å².